The van der Waals surface area contributed by atoms with Crippen LogP contribution in [0.2, 0.25) is 0 Å². The first-order chi connectivity index (χ1) is 7.45. The molecule has 1 aromatic rings. The molecule has 1 heterocycles. The first kappa shape index (κ1) is 13.4. The molecule has 1 unspecified atom stereocenters. The van der Waals surface area contributed by atoms with E-state index in [9.17, 15) is 13.5 Å². The number of aliphatic hydroxyl groups is 1. The number of thioether (sulfide) groups is 1. The molecule has 8 heteroatoms. The van der Waals surface area contributed by atoms with Gasteiger partial charge in [-0.25, -0.2) is 9.97 Å². The highest BCUT2D eigenvalue weighted by Crippen LogP contribution is 2.19. The molecule has 0 saturated carbocycles. The fourth-order valence-electron chi connectivity index (χ4n) is 0.907. The number of aliphatic hydroxyl groups excluding tert-OH is 1. The quantitative estimate of drug-likeness (QED) is 0.462. The Bertz CT molecular complexity index is 449. The van der Waals surface area contributed by atoms with Gasteiger partial charge in [-0.15, -0.1) is 0 Å². The maximum absolute atomic E-state index is 10.7. The highest BCUT2D eigenvalue weighted by molar-refractivity contribution is 7.99. The molecule has 0 saturated heterocycles. The van der Waals surface area contributed by atoms with Crippen molar-refractivity contribution < 1.29 is 18.1 Å². The molecular weight excluding hydrogens is 252 g/mol. The lowest BCUT2D eigenvalue weighted by Crippen LogP contribution is -2.13. The SMILES string of the molecule is CCCSc1nccc(C(O)S(=O)(=O)O)n1. The molecule has 0 fully saturated rings. The smallest absolute Gasteiger partial charge is 0.298 e. The summed E-state index contributed by atoms with van der Waals surface area (Å²) in [5.74, 6) is 0.797. The molecule has 0 aromatic carbocycles. The van der Waals surface area contributed by atoms with Gasteiger partial charge in [-0.3, -0.25) is 4.55 Å². The third-order valence-electron chi connectivity index (χ3n) is 1.63. The van der Waals surface area contributed by atoms with Gasteiger partial charge in [0.05, 0.1) is 5.69 Å². The van der Waals surface area contributed by atoms with Gasteiger partial charge in [-0.05, 0) is 12.5 Å². The molecule has 1 atom stereocenters. The molecule has 1 rings (SSSR count). The molecule has 6 nitrogen and oxygen atoms in total. The Kier molecular flexibility index (Phi) is 4.66. The highest BCUT2D eigenvalue weighted by atomic mass is 32.2. The summed E-state index contributed by atoms with van der Waals surface area (Å²) in [6.45, 7) is 1.99. The normalized spacial score (nSPS) is 13.7. The van der Waals surface area contributed by atoms with Crippen LogP contribution in [0, 0.1) is 0 Å². The topological polar surface area (TPSA) is 100 Å². The van der Waals surface area contributed by atoms with E-state index >= 15 is 0 Å². The minimum absolute atomic E-state index is 0.129. The average Bonchev–Trinajstić information content (AvgIpc) is 2.24. The van der Waals surface area contributed by atoms with Crippen LogP contribution >= 0.6 is 11.8 Å². The molecule has 90 valence electrons. The number of rotatable bonds is 5. The number of hydrogen-bond donors (Lipinski definition) is 2. The van der Waals surface area contributed by atoms with E-state index in [1.165, 1.54) is 24.0 Å². The van der Waals surface area contributed by atoms with Crippen LogP contribution in [0.3, 0.4) is 0 Å². The molecule has 0 spiro atoms. The Balaban J connectivity index is 2.90. The lowest BCUT2D eigenvalue weighted by molar-refractivity contribution is 0.233. The predicted molar refractivity (Wildman–Crippen MR) is 59.6 cm³/mol. The van der Waals surface area contributed by atoms with E-state index in [0.717, 1.165) is 12.2 Å². The van der Waals surface area contributed by atoms with Crippen molar-refractivity contribution >= 4 is 21.9 Å². The summed E-state index contributed by atoms with van der Waals surface area (Å²) in [6.07, 6.45) is 2.27. The van der Waals surface area contributed by atoms with E-state index < -0.39 is 15.6 Å². The van der Waals surface area contributed by atoms with Crippen molar-refractivity contribution in [1.82, 2.24) is 9.97 Å². The van der Waals surface area contributed by atoms with E-state index in [1.54, 1.807) is 0 Å². The Morgan fingerprint density at radius 1 is 1.56 bits per heavy atom. The van der Waals surface area contributed by atoms with Gasteiger partial charge in [0, 0.05) is 11.9 Å². The number of hydrogen-bond acceptors (Lipinski definition) is 6. The summed E-state index contributed by atoms with van der Waals surface area (Å²) in [7, 11) is -4.54. The van der Waals surface area contributed by atoms with Gasteiger partial charge in [0.2, 0.25) is 5.44 Å². The molecule has 0 radical (unpaired) electrons. The first-order valence-electron chi connectivity index (χ1n) is 4.55. The molecule has 0 aliphatic rings. The molecule has 0 bridgehead atoms. The van der Waals surface area contributed by atoms with Gasteiger partial charge < -0.3 is 5.11 Å². The minimum Gasteiger partial charge on any atom is -0.370 e. The zero-order chi connectivity index (χ0) is 12.2. The van der Waals surface area contributed by atoms with Gasteiger partial charge in [0.1, 0.15) is 0 Å². The lowest BCUT2D eigenvalue weighted by Gasteiger charge is -2.07. The maximum atomic E-state index is 10.7. The molecule has 2 N–H and O–H groups in total. The van der Waals surface area contributed by atoms with E-state index in [4.69, 9.17) is 4.55 Å². The molecule has 1 aromatic heterocycles. The Labute approximate surface area is 97.9 Å². The van der Waals surface area contributed by atoms with Gasteiger partial charge in [-0.2, -0.15) is 8.42 Å². The maximum Gasteiger partial charge on any atom is 0.298 e. The second-order valence-corrected chi connectivity index (χ2v) is 5.52. The second-order valence-electron chi connectivity index (χ2n) is 2.98. The zero-order valence-electron chi connectivity index (χ0n) is 8.57. The van der Waals surface area contributed by atoms with Crippen LogP contribution in [0.25, 0.3) is 0 Å². The summed E-state index contributed by atoms with van der Waals surface area (Å²) in [5, 5.41) is 9.65. The van der Waals surface area contributed by atoms with Crippen LogP contribution in [-0.4, -0.2) is 33.8 Å². The van der Waals surface area contributed by atoms with Gasteiger partial charge in [0.25, 0.3) is 10.1 Å². The van der Waals surface area contributed by atoms with Crippen LogP contribution in [-0.2, 0) is 10.1 Å². The van der Waals surface area contributed by atoms with E-state index in [0.29, 0.717) is 5.16 Å². The Hall–Kier alpha value is -0.700. The summed E-state index contributed by atoms with van der Waals surface area (Å²) in [5.41, 5.74) is -2.15. The third-order valence-corrected chi connectivity index (χ3v) is 3.50. The number of nitrogens with zero attached hydrogens (tertiary/aromatic N) is 2. The first-order valence-corrected chi connectivity index (χ1v) is 7.04. The van der Waals surface area contributed by atoms with Crippen molar-refractivity contribution in [2.24, 2.45) is 0 Å². The van der Waals surface area contributed by atoms with E-state index in [-0.39, 0.29) is 5.69 Å². The van der Waals surface area contributed by atoms with E-state index in [2.05, 4.69) is 9.97 Å². The third kappa shape index (κ3) is 3.71. The largest absolute Gasteiger partial charge is 0.370 e. The molecule has 0 aliphatic carbocycles. The fourth-order valence-corrected chi connectivity index (χ4v) is 2.04. The van der Waals surface area contributed by atoms with Crippen molar-refractivity contribution in [3.8, 4) is 0 Å². The summed E-state index contributed by atoms with van der Waals surface area (Å²) < 4.78 is 30.1. The molecular formula is C8H12N2O4S2. The Morgan fingerprint density at radius 3 is 2.81 bits per heavy atom. The minimum atomic E-state index is -4.54. The molecule has 0 aliphatic heterocycles. The lowest BCUT2D eigenvalue weighted by atomic mass is 10.4. The van der Waals surface area contributed by atoms with E-state index in [1.807, 2.05) is 6.92 Å². The average molecular weight is 264 g/mol. The summed E-state index contributed by atoms with van der Waals surface area (Å²) in [6, 6.07) is 1.24. The monoisotopic (exact) mass is 264 g/mol. The fraction of sp³-hybridized carbons (Fsp3) is 0.500. The van der Waals surface area contributed by atoms with Gasteiger partial charge >= 0.3 is 0 Å². The van der Waals surface area contributed by atoms with Crippen molar-refractivity contribution in [2.75, 3.05) is 5.75 Å². The van der Waals surface area contributed by atoms with Crippen LogP contribution < -0.4 is 0 Å². The van der Waals surface area contributed by atoms with Crippen LogP contribution in [0.4, 0.5) is 0 Å². The van der Waals surface area contributed by atoms with Crippen molar-refractivity contribution in [2.45, 2.75) is 23.9 Å². The second kappa shape index (κ2) is 5.58. The molecule has 0 amide bonds. The van der Waals surface area contributed by atoms with Crippen LogP contribution in [0.15, 0.2) is 17.4 Å². The Morgan fingerprint density at radius 2 is 2.25 bits per heavy atom. The predicted octanol–water partition coefficient (Wildman–Crippen LogP) is 0.857. The zero-order valence-corrected chi connectivity index (χ0v) is 10.2. The van der Waals surface area contributed by atoms with Crippen molar-refractivity contribution in [1.29, 1.82) is 0 Å². The van der Waals surface area contributed by atoms with Crippen molar-refractivity contribution in [3.05, 3.63) is 18.0 Å². The highest BCUT2D eigenvalue weighted by Gasteiger charge is 2.23. The molecule has 16 heavy (non-hydrogen) atoms. The summed E-state index contributed by atoms with van der Waals surface area (Å²) >= 11 is 1.35. The summed E-state index contributed by atoms with van der Waals surface area (Å²) in [4.78, 5) is 7.74. The standard InChI is InChI=1S/C8H12N2O4S2/c1-2-5-15-8-9-4-3-6(10-8)7(11)16(12,13)14/h3-4,7,11H,2,5H2,1H3,(H,12,13,14). The number of aromatic nitrogens is 2. The van der Waals surface area contributed by atoms with Crippen molar-refractivity contribution in [3.63, 3.8) is 0 Å². The van der Waals surface area contributed by atoms with Crippen LogP contribution in [0.5, 0.6) is 0 Å². The van der Waals surface area contributed by atoms with Gasteiger partial charge in [0.15, 0.2) is 5.16 Å². The van der Waals surface area contributed by atoms with Crippen LogP contribution in [0.1, 0.15) is 24.5 Å². The van der Waals surface area contributed by atoms with Gasteiger partial charge in [-0.1, -0.05) is 18.7 Å².